The van der Waals surface area contributed by atoms with E-state index in [2.05, 4.69) is 16.3 Å². The molecule has 0 spiro atoms. The monoisotopic (exact) mass is 205 g/mol. The van der Waals surface area contributed by atoms with Gasteiger partial charge in [-0.3, -0.25) is 4.79 Å². The lowest BCUT2D eigenvalue weighted by Crippen LogP contribution is -2.20. The van der Waals surface area contributed by atoms with Gasteiger partial charge in [-0.15, -0.1) is 0 Å². The second-order valence-corrected chi connectivity index (χ2v) is 3.76. The van der Waals surface area contributed by atoms with E-state index in [9.17, 15) is 4.79 Å². The lowest BCUT2D eigenvalue weighted by atomic mass is 10.3. The maximum atomic E-state index is 10.7. The molecule has 0 aliphatic heterocycles. The summed E-state index contributed by atoms with van der Waals surface area (Å²) < 4.78 is 4.51. The van der Waals surface area contributed by atoms with E-state index in [1.807, 2.05) is 11.8 Å². The molecule has 0 aromatic carbocycles. The minimum absolute atomic E-state index is 0.142. The van der Waals surface area contributed by atoms with E-state index in [-0.39, 0.29) is 5.97 Å². The number of nitrogens with one attached hydrogen (secondary N) is 1. The molecule has 0 rings (SSSR count). The van der Waals surface area contributed by atoms with Gasteiger partial charge in [-0.25, -0.2) is 0 Å². The Kier molecular flexibility index (Phi) is 9.70. The van der Waals surface area contributed by atoms with Crippen molar-refractivity contribution in [2.45, 2.75) is 19.3 Å². The Morgan fingerprint density at radius 2 is 2.15 bits per heavy atom. The van der Waals surface area contributed by atoms with Gasteiger partial charge in [-0.05, 0) is 31.4 Å². The highest BCUT2D eigenvalue weighted by atomic mass is 32.2. The Morgan fingerprint density at radius 1 is 1.38 bits per heavy atom. The number of carbonyl (C=O) groups excluding carboxylic acids is 1. The van der Waals surface area contributed by atoms with E-state index in [0.717, 1.165) is 13.1 Å². The topological polar surface area (TPSA) is 38.3 Å². The number of ether oxygens (including phenoxy) is 1. The van der Waals surface area contributed by atoms with Gasteiger partial charge < -0.3 is 10.1 Å². The normalized spacial score (nSPS) is 10.0. The summed E-state index contributed by atoms with van der Waals surface area (Å²) in [5.41, 5.74) is 0. The van der Waals surface area contributed by atoms with Crippen LogP contribution in [0.3, 0.4) is 0 Å². The quantitative estimate of drug-likeness (QED) is 0.478. The summed E-state index contributed by atoms with van der Waals surface area (Å²) in [5, 5.41) is 3.20. The van der Waals surface area contributed by atoms with Crippen LogP contribution in [0.25, 0.3) is 0 Å². The van der Waals surface area contributed by atoms with Crippen molar-refractivity contribution in [1.82, 2.24) is 5.32 Å². The Bertz CT molecular complexity index is 131. The fraction of sp³-hybridized carbons (Fsp3) is 0.889. The van der Waals surface area contributed by atoms with Crippen LogP contribution in [0, 0.1) is 0 Å². The smallest absolute Gasteiger partial charge is 0.306 e. The van der Waals surface area contributed by atoms with Gasteiger partial charge in [-0.1, -0.05) is 0 Å². The highest BCUT2D eigenvalue weighted by Gasteiger charge is 1.97. The average molecular weight is 205 g/mol. The largest absolute Gasteiger partial charge is 0.469 e. The van der Waals surface area contributed by atoms with Gasteiger partial charge in [0, 0.05) is 6.54 Å². The third-order valence-electron chi connectivity index (χ3n) is 1.69. The molecule has 0 heterocycles. The molecule has 0 aliphatic rings. The zero-order valence-corrected chi connectivity index (χ0v) is 9.28. The van der Waals surface area contributed by atoms with Gasteiger partial charge in [0.1, 0.15) is 0 Å². The maximum absolute atomic E-state index is 10.7. The van der Waals surface area contributed by atoms with Crippen LogP contribution >= 0.6 is 11.8 Å². The van der Waals surface area contributed by atoms with Crippen LogP contribution in [0.5, 0.6) is 0 Å². The van der Waals surface area contributed by atoms with Crippen LogP contribution < -0.4 is 5.32 Å². The van der Waals surface area contributed by atoms with Crippen molar-refractivity contribution in [1.29, 1.82) is 0 Å². The lowest BCUT2D eigenvalue weighted by Gasteiger charge is -2.02. The van der Waals surface area contributed by atoms with Gasteiger partial charge >= 0.3 is 5.97 Å². The molecule has 0 bridgehead atoms. The van der Waals surface area contributed by atoms with E-state index >= 15 is 0 Å². The standard InChI is InChI=1S/C9H19NO2S/c1-12-9(11)5-7-10-6-3-4-8-13-2/h10H,3-8H2,1-2H3. The Balaban J connectivity index is 2.95. The summed E-state index contributed by atoms with van der Waals surface area (Å²) in [6.45, 7) is 1.73. The van der Waals surface area contributed by atoms with Crippen LogP contribution in [-0.2, 0) is 9.53 Å². The third kappa shape index (κ3) is 9.70. The number of hydrogen-bond acceptors (Lipinski definition) is 4. The molecule has 0 fully saturated rings. The van der Waals surface area contributed by atoms with E-state index in [1.54, 1.807) is 0 Å². The van der Waals surface area contributed by atoms with Crippen LogP contribution in [0.15, 0.2) is 0 Å². The van der Waals surface area contributed by atoms with Gasteiger partial charge in [-0.2, -0.15) is 11.8 Å². The molecule has 3 nitrogen and oxygen atoms in total. The number of hydrogen-bond donors (Lipinski definition) is 1. The minimum Gasteiger partial charge on any atom is -0.469 e. The number of unbranched alkanes of at least 4 members (excludes halogenated alkanes) is 1. The number of methoxy groups -OCH3 is 1. The van der Waals surface area contributed by atoms with Crippen LogP contribution in [0.1, 0.15) is 19.3 Å². The fourth-order valence-corrected chi connectivity index (χ4v) is 1.41. The van der Waals surface area contributed by atoms with Crippen LogP contribution in [0.2, 0.25) is 0 Å². The zero-order valence-electron chi connectivity index (χ0n) is 8.47. The van der Waals surface area contributed by atoms with Crippen molar-refractivity contribution in [2.75, 3.05) is 32.2 Å². The molecule has 0 saturated heterocycles. The predicted molar refractivity (Wildman–Crippen MR) is 57.1 cm³/mol. The molecular formula is C9H19NO2S. The molecule has 13 heavy (non-hydrogen) atoms. The first-order valence-electron chi connectivity index (χ1n) is 4.57. The van der Waals surface area contributed by atoms with Crippen LogP contribution in [-0.4, -0.2) is 38.2 Å². The first-order chi connectivity index (χ1) is 6.31. The van der Waals surface area contributed by atoms with Crippen molar-refractivity contribution < 1.29 is 9.53 Å². The van der Waals surface area contributed by atoms with Crippen LogP contribution in [0.4, 0.5) is 0 Å². The first kappa shape index (κ1) is 12.8. The molecule has 78 valence electrons. The molecule has 0 aromatic heterocycles. The molecule has 0 unspecified atom stereocenters. The summed E-state index contributed by atoms with van der Waals surface area (Å²) in [4.78, 5) is 10.7. The summed E-state index contributed by atoms with van der Waals surface area (Å²) in [7, 11) is 1.42. The predicted octanol–water partition coefficient (Wildman–Crippen LogP) is 1.28. The number of thioether (sulfide) groups is 1. The SMILES string of the molecule is COC(=O)CCNCCCCSC. The van der Waals surface area contributed by atoms with Gasteiger partial charge in [0.15, 0.2) is 0 Å². The summed E-state index contributed by atoms with van der Waals surface area (Å²) in [5.74, 6) is 1.08. The van der Waals surface area contributed by atoms with Gasteiger partial charge in [0.05, 0.1) is 13.5 Å². The van der Waals surface area contributed by atoms with Crippen molar-refractivity contribution in [3.05, 3.63) is 0 Å². The third-order valence-corrected chi connectivity index (χ3v) is 2.38. The molecule has 0 saturated carbocycles. The Morgan fingerprint density at radius 3 is 2.77 bits per heavy atom. The molecular weight excluding hydrogens is 186 g/mol. The van der Waals surface area contributed by atoms with E-state index in [0.29, 0.717) is 6.42 Å². The fourth-order valence-electron chi connectivity index (χ4n) is 0.914. The summed E-state index contributed by atoms with van der Waals surface area (Å²) in [6.07, 6.45) is 5.01. The number of rotatable bonds is 8. The molecule has 1 N–H and O–H groups in total. The highest BCUT2D eigenvalue weighted by Crippen LogP contribution is 1.97. The Labute approximate surface area is 84.6 Å². The molecule has 0 radical (unpaired) electrons. The minimum atomic E-state index is -0.142. The van der Waals surface area contributed by atoms with E-state index in [4.69, 9.17) is 0 Å². The van der Waals surface area contributed by atoms with Crippen molar-refractivity contribution in [3.63, 3.8) is 0 Å². The first-order valence-corrected chi connectivity index (χ1v) is 5.97. The Hall–Kier alpha value is -0.220. The maximum Gasteiger partial charge on any atom is 0.306 e. The zero-order chi connectivity index (χ0) is 9.94. The molecule has 0 aliphatic carbocycles. The van der Waals surface area contributed by atoms with Gasteiger partial charge in [0.2, 0.25) is 0 Å². The van der Waals surface area contributed by atoms with Crippen molar-refractivity contribution in [2.24, 2.45) is 0 Å². The number of esters is 1. The number of carbonyl (C=O) groups is 1. The molecule has 0 atom stereocenters. The lowest BCUT2D eigenvalue weighted by molar-refractivity contribution is -0.140. The second-order valence-electron chi connectivity index (χ2n) is 2.78. The van der Waals surface area contributed by atoms with Crippen molar-refractivity contribution in [3.8, 4) is 0 Å². The molecule has 4 heteroatoms. The van der Waals surface area contributed by atoms with Crippen molar-refractivity contribution >= 4 is 17.7 Å². The molecule has 0 aromatic rings. The van der Waals surface area contributed by atoms with E-state index in [1.165, 1.54) is 25.7 Å². The van der Waals surface area contributed by atoms with Gasteiger partial charge in [0.25, 0.3) is 0 Å². The summed E-state index contributed by atoms with van der Waals surface area (Å²) in [6, 6.07) is 0. The average Bonchev–Trinajstić information content (AvgIpc) is 2.16. The highest BCUT2D eigenvalue weighted by molar-refractivity contribution is 7.98. The molecule has 0 amide bonds. The summed E-state index contributed by atoms with van der Waals surface area (Å²) >= 11 is 1.87. The second kappa shape index (κ2) is 9.86. The van der Waals surface area contributed by atoms with E-state index < -0.39 is 0 Å².